The van der Waals surface area contributed by atoms with E-state index in [-0.39, 0.29) is 11.8 Å². The first-order valence-corrected chi connectivity index (χ1v) is 10.5. The molecule has 2 amide bonds. The van der Waals surface area contributed by atoms with Crippen LogP contribution in [0.1, 0.15) is 43.7 Å². The second-order valence-corrected chi connectivity index (χ2v) is 7.65. The number of nitrogens with zero attached hydrogens (tertiary/aromatic N) is 2. The molecule has 0 saturated carbocycles. The first kappa shape index (κ1) is 21.0. The standard InChI is InChI=1S/C25H30N2O2/c1-21(28)27(25(29)16-15-22-10-4-2-5-11-22)19-17-24-14-8-9-18-26(24)20-23-12-6-3-7-13-23/h2-7,10-13,15-16,24H,8-9,14,17-20H2,1H3. The van der Waals surface area contributed by atoms with E-state index in [4.69, 9.17) is 0 Å². The summed E-state index contributed by atoms with van der Waals surface area (Å²) in [5.41, 5.74) is 2.26. The minimum atomic E-state index is -0.244. The van der Waals surface area contributed by atoms with Gasteiger partial charge in [0, 0.05) is 32.1 Å². The van der Waals surface area contributed by atoms with Gasteiger partial charge in [0.05, 0.1) is 0 Å². The van der Waals surface area contributed by atoms with Crippen molar-refractivity contribution in [2.75, 3.05) is 13.1 Å². The van der Waals surface area contributed by atoms with Crippen molar-refractivity contribution in [2.24, 2.45) is 0 Å². The van der Waals surface area contributed by atoms with Gasteiger partial charge in [-0.3, -0.25) is 19.4 Å². The maximum absolute atomic E-state index is 12.6. The highest BCUT2D eigenvalue weighted by molar-refractivity contribution is 6.02. The predicted molar refractivity (Wildman–Crippen MR) is 117 cm³/mol. The Morgan fingerprint density at radius 1 is 1.03 bits per heavy atom. The summed E-state index contributed by atoms with van der Waals surface area (Å²) in [7, 11) is 0. The molecule has 3 rings (SSSR count). The Bertz CT molecular complexity index is 817. The van der Waals surface area contributed by atoms with Crippen LogP contribution in [0.5, 0.6) is 0 Å². The summed E-state index contributed by atoms with van der Waals surface area (Å²) in [6.45, 7) is 3.93. The summed E-state index contributed by atoms with van der Waals surface area (Å²) in [4.78, 5) is 28.6. The maximum atomic E-state index is 12.6. The fourth-order valence-corrected chi connectivity index (χ4v) is 3.94. The normalized spacial score (nSPS) is 17.3. The highest BCUT2D eigenvalue weighted by Crippen LogP contribution is 2.22. The van der Waals surface area contributed by atoms with E-state index in [2.05, 4.69) is 29.2 Å². The summed E-state index contributed by atoms with van der Waals surface area (Å²) in [5, 5.41) is 0. The van der Waals surface area contributed by atoms with Crippen LogP contribution >= 0.6 is 0 Å². The Balaban J connectivity index is 1.60. The second kappa shape index (κ2) is 10.7. The molecule has 2 aromatic carbocycles. The molecular formula is C25H30N2O2. The summed E-state index contributed by atoms with van der Waals surface area (Å²) in [6.07, 6.45) is 7.61. The molecule has 29 heavy (non-hydrogen) atoms. The van der Waals surface area contributed by atoms with E-state index in [9.17, 15) is 9.59 Å². The summed E-state index contributed by atoms with van der Waals surface area (Å²) < 4.78 is 0. The molecule has 1 unspecified atom stereocenters. The zero-order chi connectivity index (χ0) is 20.5. The molecule has 4 heteroatoms. The Morgan fingerprint density at radius 3 is 2.41 bits per heavy atom. The fourth-order valence-electron chi connectivity index (χ4n) is 3.94. The molecule has 0 bridgehead atoms. The summed E-state index contributed by atoms with van der Waals surface area (Å²) in [5.74, 6) is -0.440. The lowest BCUT2D eigenvalue weighted by atomic mass is 9.98. The van der Waals surface area contributed by atoms with Crippen molar-refractivity contribution in [1.29, 1.82) is 0 Å². The third kappa shape index (κ3) is 6.40. The van der Waals surface area contributed by atoms with Gasteiger partial charge in [0.2, 0.25) is 5.91 Å². The topological polar surface area (TPSA) is 40.6 Å². The summed E-state index contributed by atoms with van der Waals surface area (Å²) >= 11 is 0. The molecule has 2 aromatic rings. The van der Waals surface area contributed by atoms with Crippen LogP contribution in [0.3, 0.4) is 0 Å². The van der Waals surface area contributed by atoms with E-state index in [1.165, 1.54) is 36.3 Å². The number of imide groups is 1. The quantitative estimate of drug-likeness (QED) is 0.653. The van der Waals surface area contributed by atoms with Gasteiger partial charge in [-0.25, -0.2) is 0 Å². The van der Waals surface area contributed by atoms with Crippen molar-refractivity contribution in [3.63, 3.8) is 0 Å². The Hall–Kier alpha value is -2.72. The van der Waals surface area contributed by atoms with Crippen LogP contribution in [-0.2, 0) is 16.1 Å². The second-order valence-electron chi connectivity index (χ2n) is 7.65. The van der Waals surface area contributed by atoms with E-state index in [1.807, 2.05) is 36.4 Å². The zero-order valence-electron chi connectivity index (χ0n) is 17.2. The molecule has 1 heterocycles. The Labute approximate surface area is 173 Å². The highest BCUT2D eigenvalue weighted by atomic mass is 16.2. The van der Waals surface area contributed by atoms with Crippen LogP contribution in [0.25, 0.3) is 6.08 Å². The molecular weight excluding hydrogens is 360 g/mol. The number of carbonyl (C=O) groups is 2. The maximum Gasteiger partial charge on any atom is 0.253 e. The summed E-state index contributed by atoms with van der Waals surface area (Å²) in [6, 6.07) is 20.6. The molecule has 1 saturated heterocycles. The molecule has 1 fully saturated rings. The number of piperidine rings is 1. The number of hydrogen-bond acceptors (Lipinski definition) is 3. The number of likely N-dealkylation sites (tertiary alicyclic amines) is 1. The lowest BCUT2D eigenvalue weighted by molar-refractivity contribution is -0.140. The third-order valence-electron chi connectivity index (χ3n) is 5.53. The lowest BCUT2D eigenvalue weighted by Crippen LogP contribution is -2.43. The van der Waals surface area contributed by atoms with E-state index < -0.39 is 0 Å². The van der Waals surface area contributed by atoms with Gasteiger partial charge in [0.25, 0.3) is 5.91 Å². The minimum Gasteiger partial charge on any atom is -0.296 e. The number of carbonyl (C=O) groups excluding carboxylic acids is 2. The van der Waals surface area contributed by atoms with E-state index >= 15 is 0 Å². The third-order valence-corrected chi connectivity index (χ3v) is 5.53. The number of benzene rings is 2. The van der Waals surface area contributed by atoms with Crippen molar-refractivity contribution in [3.8, 4) is 0 Å². The van der Waals surface area contributed by atoms with Gasteiger partial charge in [0.1, 0.15) is 0 Å². The molecule has 1 aliphatic rings. The number of hydrogen-bond donors (Lipinski definition) is 0. The van der Waals surface area contributed by atoms with Crippen molar-refractivity contribution < 1.29 is 9.59 Å². The van der Waals surface area contributed by atoms with Crippen LogP contribution < -0.4 is 0 Å². The Kier molecular flexibility index (Phi) is 7.77. The van der Waals surface area contributed by atoms with Gasteiger partial charge >= 0.3 is 0 Å². The van der Waals surface area contributed by atoms with Crippen LogP contribution in [-0.4, -0.2) is 40.7 Å². The van der Waals surface area contributed by atoms with Gasteiger partial charge in [-0.05, 0) is 43.0 Å². The van der Waals surface area contributed by atoms with Crippen molar-refractivity contribution in [1.82, 2.24) is 9.80 Å². The lowest BCUT2D eigenvalue weighted by Gasteiger charge is -2.36. The molecule has 1 aliphatic heterocycles. The SMILES string of the molecule is CC(=O)N(CCC1CCCCN1Cc1ccccc1)C(=O)C=Cc1ccccc1. The monoisotopic (exact) mass is 390 g/mol. The van der Waals surface area contributed by atoms with Gasteiger partial charge < -0.3 is 0 Å². The molecule has 1 atom stereocenters. The van der Waals surface area contributed by atoms with E-state index in [0.29, 0.717) is 12.6 Å². The molecule has 152 valence electrons. The average Bonchev–Trinajstić information content (AvgIpc) is 2.75. The predicted octanol–water partition coefficient (Wildman–Crippen LogP) is 4.52. The smallest absolute Gasteiger partial charge is 0.253 e. The first-order valence-electron chi connectivity index (χ1n) is 10.5. The van der Waals surface area contributed by atoms with Crippen molar-refractivity contribution in [3.05, 3.63) is 77.9 Å². The van der Waals surface area contributed by atoms with Crippen LogP contribution in [0, 0.1) is 0 Å². The largest absolute Gasteiger partial charge is 0.296 e. The first-order chi connectivity index (χ1) is 14.1. The Morgan fingerprint density at radius 2 is 1.72 bits per heavy atom. The number of rotatable bonds is 7. The van der Waals surface area contributed by atoms with Gasteiger partial charge in [0.15, 0.2) is 0 Å². The van der Waals surface area contributed by atoms with E-state index in [1.54, 1.807) is 6.08 Å². The van der Waals surface area contributed by atoms with Crippen LogP contribution in [0.15, 0.2) is 66.7 Å². The van der Waals surface area contributed by atoms with Crippen LogP contribution in [0.4, 0.5) is 0 Å². The molecule has 4 nitrogen and oxygen atoms in total. The van der Waals surface area contributed by atoms with Crippen molar-refractivity contribution in [2.45, 2.75) is 45.2 Å². The van der Waals surface area contributed by atoms with Crippen LogP contribution in [0.2, 0.25) is 0 Å². The fraction of sp³-hybridized carbons (Fsp3) is 0.360. The van der Waals surface area contributed by atoms with Gasteiger partial charge in [-0.15, -0.1) is 0 Å². The van der Waals surface area contributed by atoms with Crippen molar-refractivity contribution >= 4 is 17.9 Å². The minimum absolute atomic E-state index is 0.196. The van der Waals surface area contributed by atoms with E-state index in [0.717, 1.165) is 31.5 Å². The molecule has 0 radical (unpaired) electrons. The molecule has 0 spiro atoms. The van der Waals surface area contributed by atoms with Gasteiger partial charge in [-0.1, -0.05) is 67.1 Å². The average molecular weight is 391 g/mol. The zero-order valence-corrected chi connectivity index (χ0v) is 17.2. The molecule has 0 aromatic heterocycles. The molecule has 0 aliphatic carbocycles. The molecule has 0 N–H and O–H groups in total. The number of amides is 2. The highest BCUT2D eigenvalue weighted by Gasteiger charge is 2.24. The van der Waals surface area contributed by atoms with Gasteiger partial charge in [-0.2, -0.15) is 0 Å².